The van der Waals surface area contributed by atoms with E-state index in [4.69, 9.17) is 0 Å². The molecule has 0 saturated heterocycles. The van der Waals surface area contributed by atoms with Crippen molar-refractivity contribution in [1.29, 1.82) is 0 Å². The lowest BCUT2D eigenvalue weighted by Gasteiger charge is -2.04. The minimum atomic E-state index is 0.357. The van der Waals surface area contributed by atoms with E-state index in [-0.39, 0.29) is 0 Å². The van der Waals surface area contributed by atoms with Gasteiger partial charge in [0.2, 0.25) is 0 Å². The van der Waals surface area contributed by atoms with E-state index in [9.17, 15) is 5.11 Å². The van der Waals surface area contributed by atoms with Crippen molar-refractivity contribution in [3.8, 4) is 5.75 Å². The van der Waals surface area contributed by atoms with Gasteiger partial charge in [-0.3, -0.25) is 0 Å². The topological polar surface area (TPSA) is 20.2 Å². The zero-order valence-electron chi connectivity index (χ0n) is 15.8. The molecule has 0 aliphatic heterocycles. The van der Waals surface area contributed by atoms with Crippen LogP contribution in [0.2, 0.25) is 0 Å². The number of thioether (sulfide) groups is 1. The molecule has 0 aliphatic carbocycles. The van der Waals surface area contributed by atoms with Crippen molar-refractivity contribution in [2.75, 3.05) is 5.75 Å². The van der Waals surface area contributed by atoms with Gasteiger partial charge in [0, 0.05) is 4.90 Å². The molecule has 0 radical (unpaired) electrons. The van der Waals surface area contributed by atoms with Gasteiger partial charge in [-0.15, -0.1) is 11.8 Å². The molecule has 0 spiro atoms. The smallest absolute Gasteiger partial charge is 0.115 e. The molecule has 0 atom stereocenters. The lowest BCUT2D eigenvalue weighted by molar-refractivity contribution is 0.475. The minimum Gasteiger partial charge on any atom is -0.508 e. The first-order chi connectivity index (χ1) is 11.8. The fraction of sp³-hybridized carbons (Fsp3) is 0.727. The summed E-state index contributed by atoms with van der Waals surface area (Å²) >= 11 is 1.90. The summed E-state index contributed by atoms with van der Waals surface area (Å²) in [5, 5.41) is 9.25. The molecule has 1 aromatic rings. The number of rotatable bonds is 16. The highest BCUT2D eigenvalue weighted by Gasteiger charge is 1.96. The van der Waals surface area contributed by atoms with Gasteiger partial charge in [0.1, 0.15) is 5.75 Å². The van der Waals surface area contributed by atoms with Crippen molar-refractivity contribution < 1.29 is 5.11 Å². The van der Waals surface area contributed by atoms with Gasteiger partial charge in [0.25, 0.3) is 0 Å². The van der Waals surface area contributed by atoms with E-state index in [1.165, 1.54) is 101 Å². The van der Waals surface area contributed by atoms with Crippen molar-refractivity contribution >= 4 is 11.8 Å². The largest absolute Gasteiger partial charge is 0.508 e. The Morgan fingerprint density at radius 1 is 0.625 bits per heavy atom. The second-order valence-electron chi connectivity index (χ2n) is 6.94. The Morgan fingerprint density at radius 3 is 1.50 bits per heavy atom. The molecule has 1 aromatic carbocycles. The first kappa shape index (κ1) is 21.4. The Bertz CT molecular complexity index is 374. The second kappa shape index (κ2) is 15.9. The van der Waals surface area contributed by atoms with Gasteiger partial charge in [-0.05, 0) is 36.4 Å². The average Bonchev–Trinajstić information content (AvgIpc) is 2.60. The Hall–Kier alpha value is -0.630. The van der Waals surface area contributed by atoms with E-state index < -0.39 is 0 Å². The number of hydrogen-bond acceptors (Lipinski definition) is 2. The standard InChI is InChI=1S/C22H38OS/c1-2-3-4-5-6-7-8-9-10-11-12-13-14-15-20-24-22-18-16-21(23)17-19-22/h16-19,23H,2-15,20H2,1H3. The van der Waals surface area contributed by atoms with Crippen LogP contribution < -0.4 is 0 Å². The summed E-state index contributed by atoms with van der Waals surface area (Å²) in [5.74, 6) is 1.55. The monoisotopic (exact) mass is 350 g/mol. The van der Waals surface area contributed by atoms with E-state index in [2.05, 4.69) is 6.92 Å². The molecule has 0 bridgehead atoms. The third-order valence-electron chi connectivity index (χ3n) is 4.60. The summed E-state index contributed by atoms with van der Waals surface area (Å²) in [6.07, 6.45) is 19.9. The molecule has 0 aromatic heterocycles. The normalized spacial score (nSPS) is 11.0. The first-order valence-corrected chi connectivity index (χ1v) is 11.2. The van der Waals surface area contributed by atoms with Gasteiger partial charge < -0.3 is 5.11 Å². The van der Waals surface area contributed by atoms with Crippen LogP contribution in [0.3, 0.4) is 0 Å². The molecule has 1 nitrogen and oxygen atoms in total. The van der Waals surface area contributed by atoms with E-state index in [0.29, 0.717) is 5.75 Å². The van der Waals surface area contributed by atoms with Crippen LogP contribution in [0.25, 0.3) is 0 Å². The zero-order valence-corrected chi connectivity index (χ0v) is 16.6. The maximum Gasteiger partial charge on any atom is 0.115 e. The Morgan fingerprint density at radius 2 is 1.04 bits per heavy atom. The van der Waals surface area contributed by atoms with Crippen molar-refractivity contribution in [1.82, 2.24) is 0 Å². The van der Waals surface area contributed by atoms with Crippen LogP contribution in [0.5, 0.6) is 5.75 Å². The Balaban J connectivity index is 1.75. The quantitative estimate of drug-likeness (QED) is 0.241. The molecule has 1 rings (SSSR count). The van der Waals surface area contributed by atoms with Crippen molar-refractivity contribution in [2.45, 2.75) is 102 Å². The van der Waals surface area contributed by atoms with Crippen LogP contribution in [0.4, 0.5) is 0 Å². The van der Waals surface area contributed by atoms with Gasteiger partial charge in [0.05, 0.1) is 0 Å². The van der Waals surface area contributed by atoms with Gasteiger partial charge in [0.15, 0.2) is 0 Å². The second-order valence-corrected chi connectivity index (χ2v) is 8.11. The predicted octanol–water partition coefficient (Wildman–Crippen LogP) is 7.97. The third kappa shape index (κ3) is 12.8. The fourth-order valence-corrected chi connectivity index (χ4v) is 3.94. The summed E-state index contributed by atoms with van der Waals surface area (Å²) in [6.45, 7) is 2.29. The highest BCUT2D eigenvalue weighted by molar-refractivity contribution is 7.99. The highest BCUT2D eigenvalue weighted by atomic mass is 32.2. The molecule has 2 heteroatoms. The molecule has 0 unspecified atom stereocenters. The lowest BCUT2D eigenvalue weighted by Crippen LogP contribution is -1.84. The van der Waals surface area contributed by atoms with E-state index in [1.807, 2.05) is 23.9 Å². The first-order valence-electron chi connectivity index (χ1n) is 10.2. The van der Waals surface area contributed by atoms with E-state index >= 15 is 0 Å². The molecule has 0 heterocycles. The molecule has 0 amide bonds. The van der Waals surface area contributed by atoms with Gasteiger partial charge in [-0.25, -0.2) is 0 Å². The number of aromatic hydroxyl groups is 1. The predicted molar refractivity (Wildman–Crippen MR) is 109 cm³/mol. The summed E-state index contributed by atoms with van der Waals surface area (Å²) in [5.41, 5.74) is 0. The highest BCUT2D eigenvalue weighted by Crippen LogP contribution is 2.22. The minimum absolute atomic E-state index is 0.357. The number of unbranched alkanes of at least 4 members (excludes halogenated alkanes) is 13. The van der Waals surface area contributed by atoms with E-state index in [1.54, 1.807) is 12.1 Å². The maximum atomic E-state index is 9.25. The van der Waals surface area contributed by atoms with Crippen LogP contribution >= 0.6 is 11.8 Å². The van der Waals surface area contributed by atoms with Gasteiger partial charge in [-0.2, -0.15) is 0 Å². The average molecular weight is 351 g/mol. The summed E-state index contributed by atoms with van der Waals surface area (Å²) < 4.78 is 0. The van der Waals surface area contributed by atoms with E-state index in [0.717, 1.165) is 0 Å². The maximum absolute atomic E-state index is 9.25. The van der Waals surface area contributed by atoms with Crippen molar-refractivity contribution in [3.05, 3.63) is 24.3 Å². The lowest BCUT2D eigenvalue weighted by atomic mass is 10.0. The molecular formula is C22H38OS. The number of phenolic OH excluding ortho intramolecular Hbond substituents is 1. The number of phenols is 1. The Kier molecular flexibility index (Phi) is 14.2. The van der Waals surface area contributed by atoms with Gasteiger partial charge in [-0.1, -0.05) is 90.4 Å². The van der Waals surface area contributed by atoms with Crippen molar-refractivity contribution in [2.24, 2.45) is 0 Å². The molecule has 1 N–H and O–H groups in total. The summed E-state index contributed by atoms with van der Waals surface area (Å²) in [4.78, 5) is 1.27. The van der Waals surface area contributed by atoms with Gasteiger partial charge >= 0.3 is 0 Å². The van der Waals surface area contributed by atoms with Crippen LogP contribution in [-0.2, 0) is 0 Å². The zero-order chi connectivity index (χ0) is 17.3. The molecule has 24 heavy (non-hydrogen) atoms. The van der Waals surface area contributed by atoms with Crippen LogP contribution in [0.1, 0.15) is 96.8 Å². The fourth-order valence-electron chi connectivity index (χ4n) is 3.03. The number of benzene rings is 1. The van der Waals surface area contributed by atoms with Crippen molar-refractivity contribution in [3.63, 3.8) is 0 Å². The number of hydrogen-bond donors (Lipinski definition) is 1. The molecular weight excluding hydrogens is 312 g/mol. The van der Waals surface area contributed by atoms with Crippen LogP contribution in [0.15, 0.2) is 29.2 Å². The molecule has 0 aliphatic rings. The summed E-state index contributed by atoms with van der Waals surface area (Å²) in [7, 11) is 0. The van der Waals surface area contributed by atoms with Crippen LogP contribution in [0, 0.1) is 0 Å². The summed E-state index contributed by atoms with van der Waals surface area (Å²) in [6, 6.07) is 7.55. The van der Waals surface area contributed by atoms with Crippen LogP contribution in [-0.4, -0.2) is 10.9 Å². The third-order valence-corrected chi connectivity index (χ3v) is 5.70. The molecule has 0 fully saturated rings. The molecule has 138 valence electrons. The SMILES string of the molecule is CCCCCCCCCCCCCCCCSc1ccc(O)cc1. The Labute approximate surface area is 154 Å². The molecule has 0 saturated carbocycles.